The average molecular weight is 344 g/mol. The van der Waals surface area contributed by atoms with Crippen LogP contribution in [0.3, 0.4) is 0 Å². The van der Waals surface area contributed by atoms with Crippen molar-refractivity contribution in [3.63, 3.8) is 0 Å². The van der Waals surface area contributed by atoms with Crippen molar-refractivity contribution < 1.29 is 22.7 Å². The molecule has 2 N–H and O–H groups in total. The summed E-state index contributed by atoms with van der Waals surface area (Å²) in [6.07, 6.45) is -4.12. The van der Waals surface area contributed by atoms with E-state index in [4.69, 9.17) is 0 Å². The zero-order chi connectivity index (χ0) is 17.0. The molecule has 0 bridgehead atoms. The number of fused-ring (bicyclic) bond motifs is 1. The summed E-state index contributed by atoms with van der Waals surface area (Å²) in [5.74, 6) is -0.482. The first-order valence-corrected chi connectivity index (χ1v) is 7.77. The molecule has 0 fully saturated rings. The Hall–Kier alpha value is -1.83. The number of carbonyl (C=O) groups excluding carboxylic acids is 1. The molecule has 2 heterocycles. The van der Waals surface area contributed by atoms with Crippen molar-refractivity contribution in [2.24, 2.45) is 0 Å². The smallest absolute Gasteiger partial charge is 0.405 e. The Kier molecular flexibility index (Phi) is 3.55. The summed E-state index contributed by atoms with van der Waals surface area (Å²) in [6, 6.07) is 2.92. The average Bonchev–Trinajstić information content (AvgIpc) is 2.35. The van der Waals surface area contributed by atoms with Gasteiger partial charge in [0.15, 0.2) is 0 Å². The van der Waals surface area contributed by atoms with E-state index in [0.717, 1.165) is 17.5 Å². The molecule has 0 radical (unpaired) electrons. The Labute approximate surface area is 135 Å². The molecular formula is C15H15F3N2O2S. The number of alkyl halides is 3. The number of anilines is 1. The highest BCUT2D eigenvalue weighted by Crippen LogP contribution is 2.46. The molecule has 0 spiro atoms. The zero-order valence-corrected chi connectivity index (χ0v) is 13.5. The van der Waals surface area contributed by atoms with Crippen molar-refractivity contribution in [1.29, 1.82) is 0 Å². The summed E-state index contributed by atoms with van der Waals surface area (Å²) < 4.78 is 41.4. The molecular weight excluding hydrogens is 329 g/mol. The van der Waals surface area contributed by atoms with Crippen molar-refractivity contribution in [2.45, 2.75) is 44.0 Å². The van der Waals surface area contributed by atoms with E-state index in [1.54, 1.807) is 13.0 Å². The fourth-order valence-electron chi connectivity index (χ4n) is 2.64. The predicted molar refractivity (Wildman–Crippen MR) is 81.2 cm³/mol. The van der Waals surface area contributed by atoms with Crippen molar-refractivity contribution in [2.75, 3.05) is 5.32 Å². The fraction of sp³-hybridized carbons (Fsp3) is 0.400. The lowest BCUT2D eigenvalue weighted by atomic mass is 9.94. The molecule has 0 aliphatic carbocycles. The monoisotopic (exact) mass is 344 g/mol. The van der Waals surface area contributed by atoms with E-state index < -0.39 is 6.36 Å². The largest absolute Gasteiger partial charge is 0.573 e. The first-order valence-electron chi connectivity index (χ1n) is 6.95. The number of benzene rings is 1. The maximum atomic E-state index is 12.5. The second-order valence-corrected chi connectivity index (χ2v) is 7.26. The SMILES string of the molecule is Cc1cc2c(cc1OC(F)(F)F)SC1=C(CC(C)(C)NC1=O)N2. The lowest BCUT2D eigenvalue weighted by Gasteiger charge is -2.36. The van der Waals surface area contributed by atoms with Gasteiger partial charge in [-0.15, -0.1) is 13.2 Å². The van der Waals surface area contributed by atoms with E-state index in [0.29, 0.717) is 27.5 Å². The topological polar surface area (TPSA) is 50.4 Å². The molecule has 0 saturated heterocycles. The molecule has 8 heteroatoms. The lowest BCUT2D eigenvalue weighted by molar-refractivity contribution is -0.274. The third kappa shape index (κ3) is 3.26. The van der Waals surface area contributed by atoms with Gasteiger partial charge in [0.2, 0.25) is 0 Å². The van der Waals surface area contributed by atoms with E-state index >= 15 is 0 Å². The molecule has 1 aromatic rings. The summed E-state index contributed by atoms with van der Waals surface area (Å²) in [5, 5.41) is 6.06. The van der Waals surface area contributed by atoms with Crippen LogP contribution < -0.4 is 15.4 Å². The van der Waals surface area contributed by atoms with Crippen LogP contribution in [0.2, 0.25) is 0 Å². The Balaban J connectivity index is 1.96. The Morgan fingerprint density at radius 2 is 2.00 bits per heavy atom. The van der Waals surface area contributed by atoms with Gasteiger partial charge in [0.1, 0.15) is 5.75 Å². The van der Waals surface area contributed by atoms with Gasteiger partial charge in [0.25, 0.3) is 5.91 Å². The molecule has 23 heavy (non-hydrogen) atoms. The second kappa shape index (κ2) is 5.09. The van der Waals surface area contributed by atoms with Crippen molar-refractivity contribution in [1.82, 2.24) is 5.32 Å². The lowest BCUT2D eigenvalue weighted by Crippen LogP contribution is -2.48. The van der Waals surface area contributed by atoms with Crippen LogP contribution >= 0.6 is 11.8 Å². The van der Waals surface area contributed by atoms with Gasteiger partial charge in [-0.25, -0.2) is 0 Å². The number of aryl methyl sites for hydroxylation is 1. The molecule has 1 amide bonds. The molecule has 0 unspecified atom stereocenters. The number of halogens is 3. The van der Waals surface area contributed by atoms with E-state index in [1.807, 2.05) is 13.8 Å². The van der Waals surface area contributed by atoms with Crippen LogP contribution in [0.1, 0.15) is 25.8 Å². The second-order valence-electron chi connectivity index (χ2n) is 6.21. The van der Waals surface area contributed by atoms with Crippen LogP contribution in [-0.4, -0.2) is 17.8 Å². The van der Waals surface area contributed by atoms with Crippen LogP contribution in [0, 0.1) is 6.92 Å². The van der Waals surface area contributed by atoms with Crippen LogP contribution in [0.25, 0.3) is 0 Å². The van der Waals surface area contributed by atoms with Crippen LogP contribution in [0.15, 0.2) is 27.6 Å². The molecule has 3 rings (SSSR count). The summed E-state index contributed by atoms with van der Waals surface area (Å²) in [4.78, 5) is 13.2. The molecule has 2 aliphatic heterocycles. The van der Waals surface area contributed by atoms with Gasteiger partial charge >= 0.3 is 6.36 Å². The minimum absolute atomic E-state index is 0.224. The fourth-order valence-corrected chi connectivity index (χ4v) is 3.63. The maximum absolute atomic E-state index is 12.5. The van der Waals surface area contributed by atoms with Gasteiger partial charge in [-0.05, 0) is 38.5 Å². The quantitative estimate of drug-likeness (QED) is 0.811. The summed E-state index contributed by atoms with van der Waals surface area (Å²) >= 11 is 1.16. The Bertz CT molecular complexity index is 726. The number of carbonyl (C=O) groups is 1. The number of hydrogen-bond acceptors (Lipinski definition) is 4. The van der Waals surface area contributed by atoms with Crippen molar-refractivity contribution in [3.05, 3.63) is 28.3 Å². The number of rotatable bonds is 1. The van der Waals surface area contributed by atoms with Gasteiger partial charge in [0.05, 0.1) is 10.6 Å². The molecule has 2 aliphatic rings. The normalized spacial score (nSPS) is 19.5. The molecule has 0 aromatic heterocycles. The number of nitrogens with one attached hydrogen (secondary N) is 2. The molecule has 0 atom stereocenters. The highest BCUT2D eigenvalue weighted by Gasteiger charge is 2.36. The summed E-state index contributed by atoms with van der Waals surface area (Å²) in [7, 11) is 0. The standard InChI is InChI=1S/C15H15F3N2O2S/c1-7-4-8-11(5-10(7)22-15(16,17)18)23-12-9(19-8)6-14(2,3)20-13(12)21/h4-5,19H,6H2,1-3H3,(H,20,21). The molecule has 4 nitrogen and oxygen atoms in total. The van der Waals surface area contributed by atoms with E-state index in [2.05, 4.69) is 15.4 Å². The van der Waals surface area contributed by atoms with Gasteiger partial charge in [-0.3, -0.25) is 4.79 Å². The van der Waals surface area contributed by atoms with Crippen LogP contribution in [0.5, 0.6) is 5.75 Å². The minimum Gasteiger partial charge on any atom is -0.405 e. The Morgan fingerprint density at radius 3 is 2.65 bits per heavy atom. The van der Waals surface area contributed by atoms with Crippen LogP contribution in [-0.2, 0) is 4.79 Å². The third-order valence-electron chi connectivity index (χ3n) is 3.55. The van der Waals surface area contributed by atoms with Gasteiger partial charge in [0, 0.05) is 22.6 Å². The number of hydrogen-bond donors (Lipinski definition) is 2. The van der Waals surface area contributed by atoms with Gasteiger partial charge < -0.3 is 15.4 Å². The molecule has 124 valence electrons. The third-order valence-corrected chi connectivity index (χ3v) is 4.74. The molecule has 0 saturated carbocycles. The number of ether oxygens (including phenoxy) is 1. The predicted octanol–water partition coefficient (Wildman–Crippen LogP) is 3.92. The summed E-state index contributed by atoms with van der Waals surface area (Å²) in [6.45, 7) is 5.39. The molecule has 1 aromatic carbocycles. The zero-order valence-electron chi connectivity index (χ0n) is 12.7. The van der Waals surface area contributed by atoms with Crippen molar-refractivity contribution >= 4 is 23.4 Å². The number of amides is 1. The summed E-state index contributed by atoms with van der Waals surface area (Å²) in [5.41, 5.74) is 1.49. The van der Waals surface area contributed by atoms with Gasteiger partial charge in [-0.1, -0.05) is 11.8 Å². The maximum Gasteiger partial charge on any atom is 0.573 e. The first-order chi connectivity index (χ1) is 10.5. The Morgan fingerprint density at radius 1 is 1.30 bits per heavy atom. The van der Waals surface area contributed by atoms with Crippen molar-refractivity contribution in [3.8, 4) is 5.75 Å². The highest BCUT2D eigenvalue weighted by molar-refractivity contribution is 8.04. The van der Waals surface area contributed by atoms with E-state index in [-0.39, 0.29) is 17.2 Å². The van der Waals surface area contributed by atoms with Gasteiger partial charge in [-0.2, -0.15) is 0 Å². The highest BCUT2D eigenvalue weighted by atomic mass is 32.2. The number of thioether (sulfide) groups is 1. The van der Waals surface area contributed by atoms with Crippen LogP contribution in [0.4, 0.5) is 18.9 Å². The van der Waals surface area contributed by atoms with E-state index in [1.165, 1.54) is 6.07 Å². The first kappa shape index (κ1) is 16.0. The minimum atomic E-state index is -4.75. The van der Waals surface area contributed by atoms with E-state index in [9.17, 15) is 18.0 Å².